The summed E-state index contributed by atoms with van der Waals surface area (Å²) in [5.74, 6) is -1.83. The average molecular weight is 266 g/mol. The number of carbonyl (C=O) groups is 2. The van der Waals surface area contributed by atoms with Crippen molar-refractivity contribution < 1.29 is 19.8 Å². The predicted molar refractivity (Wildman–Crippen MR) is 69.4 cm³/mol. The summed E-state index contributed by atoms with van der Waals surface area (Å²) < 4.78 is 0. The molecule has 1 aromatic rings. The number of rotatable bonds is 5. The number of hydrogen-bond acceptors (Lipinski definition) is 4. The third-order valence-corrected chi connectivity index (χ3v) is 2.77. The Morgan fingerprint density at radius 2 is 1.74 bits per heavy atom. The number of carboxylic acid groups (broad SMARTS) is 1. The van der Waals surface area contributed by atoms with Crippen molar-refractivity contribution in [2.45, 2.75) is 25.9 Å². The SMILES string of the molecule is CC(C)[C@H](NC(=O)[C@H](N)c1ccc(O)cc1)C(=O)O. The first kappa shape index (κ1) is 15.0. The summed E-state index contributed by atoms with van der Waals surface area (Å²) in [6, 6.07) is 3.92. The van der Waals surface area contributed by atoms with Crippen molar-refractivity contribution in [3.8, 4) is 5.75 Å². The van der Waals surface area contributed by atoms with Gasteiger partial charge in [0.05, 0.1) is 0 Å². The number of carboxylic acids is 1. The molecule has 6 nitrogen and oxygen atoms in total. The predicted octanol–water partition coefficient (Wildman–Crippen LogP) is 0.617. The van der Waals surface area contributed by atoms with Crippen LogP contribution in [0.1, 0.15) is 25.5 Å². The Morgan fingerprint density at radius 3 is 2.16 bits per heavy atom. The van der Waals surface area contributed by atoms with Gasteiger partial charge in [-0.3, -0.25) is 4.79 Å². The minimum Gasteiger partial charge on any atom is -0.508 e. The van der Waals surface area contributed by atoms with Gasteiger partial charge >= 0.3 is 5.97 Å². The summed E-state index contributed by atoms with van der Waals surface area (Å²) in [4.78, 5) is 22.9. The molecule has 0 spiro atoms. The zero-order valence-corrected chi connectivity index (χ0v) is 10.8. The molecular weight excluding hydrogens is 248 g/mol. The van der Waals surface area contributed by atoms with Crippen LogP contribution in [0.4, 0.5) is 0 Å². The third-order valence-electron chi connectivity index (χ3n) is 2.77. The smallest absolute Gasteiger partial charge is 0.326 e. The molecule has 0 fully saturated rings. The van der Waals surface area contributed by atoms with Gasteiger partial charge in [-0.2, -0.15) is 0 Å². The molecule has 5 N–H and O–H groups in total. The van der Waals surface area contributed by atoms with Gasteiger partial charge in [-0.25, -0.2) is 4.79 Å². The second-order valence-corrected chi connectivity index (χ2v) is 4.64. The summed E-state index contributed by atoms with van der Waals surface area (Å²) in [5, 5.41) is 20.5. The Morgan fingerprint density at radius 1 is 1.21 bits per heavy atom. The molecule has 0 aliphatic rings. The first-order valence-corrected chi connectivity index (χ1v) is 5.90. The maximum Gasteiger partial charge on any atom is 0.326 e. The monoisotopic (exact) mass is 266 g/mol. The molecule has 0 heterocycles. The summed E-state index contributed by atoms with van der Waals surface area (Å²) in [7, 11) is 0. The number of amides is 1. The largest absolute Gasteiger partial charge is 0.508 e. The highest BCUT2D eigenvalue weighted by molar-refractivity contribution is 5.87. The summed E-state index contributed by atoms with van der Waals surface area (Å²) >= 11 is 0. The number of benzene rings is 1. The van der Waals surface area contributed by atoms with Crippen molar-refractivity contribution in [2.24, 2.45) is 11.7 Å². The maximum absolute atomic E-state index is 11.9. The zero-order valence-electron chi connectivity index (χ0n) is 10.8. The molecule has 0 saturated heterocycles. The van der Waals surface area contributed by atoms with E-state index < -0.39 is 24.0 Å². The first-order chi connectivity index (χ1) is 8.82. The fraction of sp³-hybridized carbons (Fsp3) is 0.385. The highest BCUT2D eigenvalue weighted by Gasteiger charge is 2.26. The van der Waals surface area contributed by atoms with E-state index in [9.17, 15) is 9.59 Å². The zero-order chi connectivity index (χ0) is 14.6. The van der Waals surface area contributed by atoms with Gasteiger partial charge in [0.2, 0.25) is 5.91 Å². The molecule has 0 radical (unpaired) electrons. The van der Waals surface area contributed by atoms with Crippen LogP contribution in [-0.4, -0.2) is 28.1 Å². The van der Waals surface area contributed by atoms with Gasteiger partial charge < -0.3 is 21.3 Å². The molecule has 1 aromatic carbocycles. The number of aliphatic carboxylic acids is 1. The van der Waals surface area contributed by atoms with E-state index in [4.69, 9.17) is 15.9 Å². The van der Waals surface area contributed by atoms with Gasteiger partial charge in [0.15, 0.2) is 0 Å². The van der Waals surface area contributed by atoms with E-state index in [1.165, 1.54) is 24.3 Å². The van der Waals surface area contributed by atoms with Gasteiger partial charge in [0.25, 0.3) is 0 Å². The molecule has 2 atom stereocenters. The lowest BCUT2D eigenvalue weighted by Gasteiger charge is -2.20. The standard InChI is InChI=1S/C13H18N2O4/c1-7(2)11(13(18)19)15-12(17)10(14)8-3-5-9(16)6-4-8/h3-7,10-11,16H,14H2,1-2H3,(H,15,17)(H,18,19)/t10-,11+/m1/s1. The number of nitrogens with two attached hydrogens (primary N) is 1. The molecular formula is C13H18N2O4. The average Bonchev–Trinajstić information content (AvgIpc) is 2.34. The van der Waals surface area contributed by atoms with E-state index in [-0.39, 0.29) is 11.7 Å². The van der Waals surface area contributed by atoms with Crippen molar-refractivity contribution in [1.82, 2.24) is 5.32 Å². The molecule has 6 heteroatoms. The van der Waals surface area contributed by atoms with Crippen molar-refractivity contribution in [1.29, 1.82) is 0 Å². The van der Waals surface area contributed by atoms with Crippen LogP contribution >= 0.6 is 0 Å². The third kappa shape index (κ3) is 3.96. The van der Waals surface area contributed by atoms with Crippen LogP contribution in [0.3, 0.4) is 0 Å². The van der Waals surface area contributed by atoms with Crippen molar-refractivity contribution >= 4 is 11.9 Å². The fourth-order valence-corrected chi connectivity index (χ4v) is 1.59. The highest BCUT2D eigenvalue weighted by Crippen LogP contribution is 2.15. The lowest BCUT2D eigenvalue weighted by atomic mass is 10.0. The molecule has 0 aliphatic heterocycles. The maximum atomic E-state index is 11.9. The van der Waals surface area contributed by atoms with Crippen molar-refractivity contribution in [2.75, 3.05) is 0 Å². The van der Waals surface area contributed by atoms with E-state index in [2.05, 4.69) is 5.32 Å². The van der Waals surface area contributed by atoms with Gasteiger partial charge in [0.1, 0.15) is 17.8 Å². The molecule has 104 valence electrons. The number of nitrogens with one attached hydrogen (secondary N) is 1. The molecule has 1 rings (SSSR count). The minimum absolute atomic E-state index is 0.0713. The molecule has 0 unspecified atom stereocenters. The first-order valence-electron chi connectivity index (χ1n) is 5.90. The number of phenols is 1. The Kier molecular flexibility index (Phi) is 4.88. The van der Waals surface area contributed by atoms with Crippen molar-refractivity contribution in [3.05, 3.63) is 29.8 Å². The summed E-state index contributed by atoms with van der Waals surface area (Å²) in [5.41, 5.74) is 6.25. The van der Waals surface area contributed by atoms with Crippen LogP contribution in [0, 0.1) is 5.92 Å². The highest BCUT2D eigenvalue weighted by atomic mass is 16.4. The van der Waals surface area contributed by atoms with Crippen LogP contribution in [0.15, 0.2) is 24.3 Å². The molecule has 1 amide bonds. The second-order valence-electron chi connectivity index (χ2n) is 4.64. The Labute approximate surface area is 111 Å². The number of carbonyl (C=O) groups excluding carboxylic acids is 1. The van der Waals surface area contributed by atoms with Crippen molar-refractivity contribution in [3.63, 3.8) is 0 Å². The van der Waals surface area contributed by atoms with Crippen LogP contribution in [-0.2, 0) is 9.59 Å². The molecule has 0 saturated carbocycles. The molecule has 0 aromatic heterocycles. The molecule has 0 aliphatic carbocycles. The van der Waals surface area contributed by atoms with Crippen LogP contribution in [0.25, 0.3) is 0 Å². The Hall–Kier alpha value is -2.08. The van der Waals surface area contributed by atoms with Crippen LogP contribution < -0.4 is 11.1 Å². The van der Waals surface area contributed by atoms with E-state index in [0.29, 0.717) is 5.56 Å². The van der Waals surface area contributed by atoms with Gasteiger partial charge in [-0.15, -0.1) is 0 Å². The lowest BCUT2D eigenvalue weighted by molar-refractivity contribution is -0.143. The summed E-state index contributed by atoms with van der Waals surface area (Å²) in [6.07, 6.45) is 0. The Balaban J connectivity index is 2.77. The quantitative estimate of drug-likeness (QED) is 0.624. The van der Waals surface area contributed by atoms with Gasteiger partial charge in [-0.05, 0) is 23.6 Å². The molecule has 19 heavy (non-hydrogen) atoms. The van der Waals surface area contributed by atoms with E-state index in [1.807, 2.05) is 0 Å². The topological polar surface area (TPSA) is 113 Å². The van der Waals surface area contributed by atoms with E-state index >= 15 is 0 Å². The number of phenolic OH excluding ortho intramolecular Hbond substituents is 1. The minimum atomic E-state index is -1.10. The Bertz CT molecular complexity index is 456. The van der Waals surface area contributed by atoms with E-state index in [1.54, 1.807) is 13.8 Å². The fourth-order valence-electron chi connectivity index (χ4n) is 1.59. The van der Waals surface area contributed by atoms with Crippen LogP contribution in [0.2, 0.25) is 0 Å². The number of aromatic hydroxyl groups is 1. The normalized spacial score (nSPS) is 13.9. The van der Waals surface area contributed by atoms with Crippen LogP contribution in [0.5, 0.6) is 5.75 Å². The lowest BCUT2D eigenvalue weighted by Crippen LogP contribution is -2.47. The van der Waals surface area contributed by atoms with Gasteiger partial charge in [0, 0.05) is 0 Å². The number of hydrogen-bond donors (Lipinski definition) is 4. The summed E-state index contributed by atoms with van der Waals surface area (Å²) in [6.45, 7) is 3.40. The van der Waals surface area contributed by atoms with E-state index in [0.717, 1.165) is 0 Å². The van der Waals surface area contributed by atoms with Gasteiger partial charge in [-0.1, -0.05) is 26.0 Å². The molecule has 0 bridgehead atoms. The second kappa shape index (κ2) is 6.19.